The van der Waals surface area contributed by atoms with Gasteiger partial charge in [0.25, 0.3) is 5.91 Å². The quantitative estimate of drug-likeness (QED) is 0.221. The van der Waals surface area contributed by atoms with Crippen LogP contribution in [0.25, 0.3) is 0 Å². The third-order valence-electron chi connectivity index (χ3n) is 8.34. The Kier molecular flexibility index (Phi) is 12.4. The number of likely N-dealkylation sites (tertiary alicyclic amines) is 1. The van der Waals surface area contributed by atoms with Crippen molar-refractivity contribution in [2.24, 2.45) is 0 Å². The molecular weight excluding hydrogens is 678 g/mol. The maximum absolute atomic E-state index is 14.0. The molecule has 3 aromatic rings. The van der Waals surface area contributed by atoms with Crippen LogP contribution in [0.3, 0.4) is 0 Å². The van der Waals surface area contributed by atoms with Crippen LogP contribution in [0.4, 0.5) is 25.1 Å². The minimum absolute atomic E-state index is 0.0145. The first-order valence-electron chi connectivity index (χ1n) is 16.3. The Morgan fingerprint density at radius 1 is 0.980 bits per heavy atom. The minimum atomic E-state index is -4.39. The monoisotopic (exact) mass is 720 g/mol. The Bertz CT molecular complexity index is 1760. The van der Waals surface area contributed by atoms with Gasteiger partial charge in [0, 0.05) is 64.0 Å². The molecule has 0 spiro atoms. The lowest BCUT2D eigenvalue weighted by molar-refractivity contribution is 0.0967. The van der Waals surface area contributed by atoms with Crippen LogP contribution in [0.15, 0.2) is 41.3 Å². The SMILES string of the molecule is COCCOC(=O)n1nc(NC(=O)c2ccc(OCCN3CCCC3)cc2NC(C)COC)c2c1CCN(S(=O)(=O)c1cc(F)cc(F)c1)C2. The van der Waals surface area contributed by atoms with E-state index in [0.29, 0.717) is 36.4 Å². The van der Waals surface area contributed by atoms with Crippen molar-refractivity contribution in [3.05, 3.63) is 64.9 Å². The number of hydrogen-bond acceptors (Lipinski definition) is 11. The van der Waals surface area contributed by atoms with Gasteiger partial charge in [0.15, 0.2) is 5.82 Å². The van der Waals surface area contributed by atoms with Crippen molar-refractivity contribution >= 4 is 33.5 Å². The lowest BCUT2D eigenvalue weighted by Gasteiger charge is -2.27. The number of nitrogens with zero attached hydrogens (tertiary/aromatic N) is 4. The average Bonchev–Trinajstić information content (AvgIpc) is 3.72. The molecule has 3 heterocycles. The second-order valence-corrected chi connectivity index (χ2v) is 14.0. The van der Waals surface area contributed by atoms with Crippen LogP contribution in [0.1, 0.15) is 41.4 Å². The van der Waals surface area contributed by atoms with Gasteiger partial charge in [-0.1, -0.05) is 0 Å². The molecule has 2 aliphatic heterocycles. The number of benzene rings is 2. The highest BCUT2D eigenvalue weighted by atomic mass is 32.2. The van der Waals surface area contributed by atoms with Crippen LogP contribution in [-0.4, -0.2) is 112 Å². The summed E-state index contributed by atoms with van der Waals surface area (Å²) in [5.41, 5.74) is 1.21. The number of carbonyl (C=O) groups is 2. The van der Waals surface area contributed by atoms with E-state index in [2.05, 4.69) is 20.6 Å². The van der Waals surface area contributed by atoms with Gasteiger partial charge >= 0.3 is 6.09 Å². The second kappa shape index (κ2) is 16.7. The van der Waals surface area contributed by atoms with E-state index in [1.165, 1.54) is 20.0 Å². The first-order valence-corrected chi connectivity index (χ1v) is 17.7. The van der Waals surface area contributed by atoms with Crippen LogP contribution >= 0.6 is 0 Å². The molecule has 2 aromatic carbocycles. The number of amides is 1. The average molecular weight is 721 g/mol. The van der Waals surface area contributed by atoms with Gasteiger partial charge in [0.1, 0.15) is 30.6 Å². The number of anilines is 2. The van der Waals surface area contributed by atoms with E-state index in [9.17, 15) is 26.8 Å². The van der Waals surface area contributed by atoms with Crippen molar-refractivity contribution in [1.82, 2.24) is 19.0 Å². The summed E-state index contributed by atoms with van der Waals surface area (Å²) in [5, 5.41) is 10.4. The van der Waals surface area contributed by atoms with E-state index in [-0.39, 0.29) is 55.7 Å². The van der Waals surface area contributed by atoms with E-state index in [1.807, 2.05) is 6.92 Å². The molecule has 272 valence electrons. The Morgan fingerprint density at radius 3 is 2.42 bits per heavy atom. The topological polar surface area (TPSA) is 154 Å². The normalized spacial score (nSPS) is 15.8. The van der Waals surface area contributed by atoms with E-state index in [1.54, 1.807) is 25.3 Å². The van der Waals surface area contributed by atoms with Crippen LogP contribution in [0, 0.1) is 11.6 Å². The van der Waals surface area contributed by atoms with Gasteiger partial charge in [-0.05, 0) is 57.1 Å². The molecule has 1 unspecified atom stereocenters. The van der Waals surface area contributed by atoms with Gasteiger partial charge in [0.05, 0.1) is 35.1 Å². The summed E-state index contributed by atoms with van der Waals surface area (Å²) in [6, 6.07) is 6.84. The van der Waals surface area contributed by atoms with Crippen molar-refractivity contribution in [3.63, 3.8) is 0 Å². The number of hydrogen-bond donors (Lipinski definition) is 2. The summed E-state index contributed by atoms with van der Waals surface area (Å²) in [4.78, 5) is 28.7. The molecule has 17 heteroatoms. The molecular formula is C33H42F2N6O8S. The number of sulfonamides is 1. The molecule has 1 fully saturated rings. The zero-order valence-electron chi connectivity index (χ0n) is 28.2. The summed E-state index contributed by atoms with van der Waals surface area (Å²) in [7, 11) is -1.37. The van der Waals surface area contributed by atoms with Crippen LogP contribution < -0.4 is 15.4 Å². The number of aromatic nitrogens is 2. The molecule has 1 amide bonds. The lowest BCUT2D eigenvalue weighted by Crippen LogP contribution is -2.37. The highest BCUT2D eigenvalue weighted by Gasteiger charge is 2.35. The summed E-state index contributed by atoms with van der Waals surface area (Å²) >= 11 is 0. The lowest BCUT2D eigenvalue weighted by atomic mass is 10.1. The number of halogens is 2. The van der Waals surface area contributed by atoms with Crippen molar-refractivity contribution in [3.8, 4) is 5.75 Å². The maximum atomic E-state index is 14.0. The molecule has 0 radical (unpaired) electrons. The molecule has 50 heavy (non-hydrogen) atoms. The smallest absolute Gasteiger partial charge is 0.435 e. The van der Waals surface area contributed by atoms with E-state index < -0.39 is 38.6 Å². The second-order valence-electron chi connectivity index (χ2n) is 12.0. The predicted molar refractivity (Wildman–Crippen MR) is 179 cm³/mol. The van der Waals surface area contributed by atoms with Crippen LogP contribution in [0.2, 0.25) is 0 Å². The number of methoxy groups -OCH3 is 2. The van der Waals surface area contributed by atoms with Crippen LogP contribution in [0.5, 0.6) is 5.75 Å². The standard InChI is InChI=1S/C33H42F2N6O8S/c1-22(21-47-3)36-29-19-25(48-13-12-39-9-4-5-10-39)6-7-27(29)32(42)37-31-28-20-40(50(44,45)26-17-23(34)16-24(35)18-26)11-8-30(28)41(38-31)33(43)49-15-14-46-2/h6-7,16-19,22,36H,4-5,8-15,20-21H2,1-3H3,(H,37,38,42). The summed E-state index contributed by atoms with van der Waals surface area (Å²) in [6.45, 7) is 5.16. The first-order chi connectivity index (χ1) is 24.0. The van der Waals surface area contributed by atoms with Gasteiger partial charge in [-0.15, -0.1) is 5.10 Å². The fourth-order valence-electron chi connectivity index (χ4n) is 5.91. The number of rotatable bonds is 15. The molecule has 2 aliphatic rings. The third kappa shape index (κ3) is 8.95. The summed E-state index contributed by atoms with van der Waals surface area (Å²) in [6.07, 6.45) is 1.48. The molecule has 0 bridgehead atoms. The summed E-state index contributed by atoms with van der Waals surface area (Å²) < 4.78 is 78.4. The van der Waals surface area contributed by atoms with Crippen molar-refractivity contribution in [2.45, 2.75) is 43.7 Å². The first kappa shape index (κ1) is 37.1. The van der Waals surface area contributed by atoms with Gasteiger partial charge in [-0.25, -0.2) is 22.0 Å². The molecule has 0 aliphatic carbocycles. The molecule has 1 saturated heterocycles. The van der Waals surface area contributed by atoms with Crippen molar-refractivity contribution in [1.29, 1.82) is 0 Å². The van der Waals surface area contributed by atoms with Crippen LogP contribution in [-0.2, 0) is 37.2 Å². The van der Waals surface area contributed by atoms with Gasteiger partial charge in [-0.3, -0.25) is 9.69 Å². The molecule has 1 atom stereocenters. The number of ether oxygens (including phenoxy) is 4. The van der Waals surface area contributed by atoms with E-state index >= 15 is 0 Å². The third-order valence-corrected chi connectivity index (χ3v) is 10.2. The summed E-state index contributed by atoms with van der Waals surface area (Å²) in [5.74, 6) is -2.22. The minimum Gasteiger partial charge on any atom is -0.492 e. The van der Waals surface area contributed by atoms with Gasteiger partial charge in [-0.2, -0.15) is 8.99 Å². The Labute approximate surface area is 289 Å². The highest BCUT2D eigenvalue weighted by molar-refractivity contribution is 7.89. The Morgan fingerprint density at radius 2 is 1.72 bits per heavy atom. The Hall–Kier alpha value is -4.16. The van der Waals surface area contributed by atoms with Crippen molar-refractivity contribution < 1.29 is 45.7 Å². The highest BCUT2D eigenvalue weighted by Crippen LogP contribution is 2.32. The molecule has 1 aromatic heterocycles. The zero-order valence-corrected chi connectivity index (χ0v) is 29.1. The maximum Gasteiger partial charge on any atom is 0.435 e. The molecule has 0 saturated carbocycles. The zero-order chi connectivity index (χ0) is 35.8. The molecule has 5 rings (SSSR count). The number of carbonyl (C=O) groups excluding carboxylic acids is 2. The largest absolute Gasteiger partial charge is 0.492 e. The fraction of sp³-hybridized carbons (Fsp3) is 0.485. The van der Waals surface area contributed by atoms with Gasteiger partial charge in [0.2, 0.25) is 10.0 Å². The van der Waals surface area contributed by atoms with E-state index in [0.717, 1.165) is 40.8 Å². The van der Waals surface area contributed by atoms with E-state index in [4.69, 9.17) is 18.9 Å². The molecule has 14 nitrogen and oxygen atoms in total. The predicted octanol–water partition coefficient (Wildman–Crippen LogP) is 3.71. The molecule has 2 N–H and O–H groups in total. The van der Waals surface area contributed by atoms with Gasteiger partial charge < -0.3 is 29.6 Å². The number of nitrogens with one attached hydrogen (secondary N) is 2. The fourth-order valence-corrected chi connectivity index (χ4v) is 7.36. The Balaban J connectivity index is 1.43. The number of fused-ring (bicyclic) bond motifs is 1. The van der Waals surface area contributed by atoms with Crippen molar-refractivity contribution in [2.75, 3.05) is 77.5 Å².